The van der Waals surface area contributed by atoms with Gasteiger partial charge in [0, 0.05) is 21.5 Å². The van der Waals surface area contributed by atoms with Crippen molar-refractivity contribution in [2.24, 2.45) is 5.73 Å². The minimum atomic E-state index is -0.127. The molecule has 0 saturated heterocycles. The molecule has 0 amide bonds. The Balaban J connectivity index is 1.90. The fourth-order valence-corrected chi connectivity index (χ4v) is 3.55. The summed E-state index contributed by atoms with van der Waals surface area (Å²) in [4.78, 5) is 12.8. The first kappa shape index (κ1) is 13.9. The van der Waals surface area contributed by atoms with Crippen LogP contribution in [-0.2, 0) is 0 Å². The minimum Gasteiger partial charge on any atom is -0.324 e. The Labute approximate surface area is 129 Å². The van der Waals surface area contributed by atoms with Crippen LogP contribution < -0.4 is 11.4 Å². The van der Waals surface area contributed by atoms with Gasteiger partial charge in [-0.1, -0.05) is 6.07 Å². The van der Waals surface area contributed by atoms with Crippen LogP contribution >= 0.6 is 27.7 Å². The van der Waals surface area contributed by atoms with Gasteiger partial charge >= 0.3 is 5.69 Å². The molecular formula is C13H15BrN4OS. The molecule has 1 fully saturated rings. The maximum Gasteiger partial charge on any atom is 0.344 e. The second-order valence-corrected chi connectivity index (χ2v) is 6.86. The van der Waals surface area contributed by atoms with Crippen molar-refractivity contribution in [3.8, 4) is 0 Å². The number of aromatic amines is 1. The largest absolute Gasteiger partial charge is 0.344 e. The van der Waals surface area contributed by atoms with Crippen LogP contribution in [0.4, 0.5) is 0 Å². The summed E-state index contributed by atoms with van der Waals surface area (Å²) in [5.41, 5.74) is 6.82. The first-order valence-electron chi connectivity index (χ1n) is 6.46. The number of hydrogen-bond acceptors (Lipinski definition) is 4. The van der Waals surface area contributed by atoms with Crippen LogP contribution in [0, 0.1) is 0 Å². The van der Waals surface area contributed by atoms with Gasteiger partial charge in [-0.25, -0.2) is 9.89 Å². The Hall–Kier alpha value is -1.05. The van der Waals surface area contributed by atoms with Gasteiger partial charge in [0.25, 0.3) is 0 Å². The number of hydrogen-bond donors (Lipinski definition) is 2. The standard InChI is InChI=1S/C13H15BrN4OS/c1-7(15)8-2-5-11(10(14)6-8)20-13-17-16-12(19)18(13)9-3-4-9/h2,5-7,9H,3-4,15H2,1H3,(H,16,19)/t7-/m1/s1. The minimum absolute atomic E-state index is 0.000350. The summed E-state index contributed by atoms with van der Waals surface area (Å²) < 4.78 is 2.71. The van der Waals surface area contributed by atoms with Gasteiger partial charge in [0.1, 0.15) is 0 Å². The predicted octanol–water partition coefficient (Wildman–Crippen LogP) is 2.84. The van der Waals surface area contributed by atoms with E-state index in [1.54, 1.807) is 4.57 Å². The molecule has 1 saturated carbocycles. The van der Waals surface area contributed by atoms with Gasteiger partial charge < -0.3 is 5.73 Å². The number of benzene rings is 1. The highest BCUT2D eigenvalue weighted by Crippen LogP contribution is 2.39. The van der Waals surface area contributed by atoms with Gasteiger partial charge in [-0.05, 0) is 65.2 Å². The summed E-state index contributed by atoms with van der Waals surface area (Å²) in [6.45, 7) is 1.95. The molecule has 0 bridgehead atoms. The molecule has 1 heterocycles. The number of nitrogens with two attached hydrogens (primary N) is 1. The van der Waals surface area contributed by atoms with Gasteiger partial charge in [0.2, 0.25) is 0 Å². The van der Waals surface area contributed by atoms with Crippen LogP contribution in [0.3, 0.4) is 0 Å². The zero-order valence-electron chi connectivity index (χ0n) is 11.0. The van der Waals surface area contributed by atoms with Crippen molar-refractivity contribution in [2.75, 3.05) is 0 Å². The Morgan fingerprint density at radius 1 is 1.55 bits per heavy atom. The molecule has 3 rings (SSSR count). The lowest BCUT2D eigenvalue weighted by molar-refractivity contribution is 0.642. The number of aromatic nitrogens is 3. The summed E-state index contributed by atoms with van der Waals surface area (Å²) in [7, 11) is 0. The van der Waals surface area contributed by atoms with Crippen molar-refractivity contribution in [1.82, 2.24) is 14.8 Å². The highest BCUT2D eigenvalue weighted by molar-refractivity contribution is 9.10. The Morgan fingerprint density at radius 2 is 2.30 bits per heavy atom. The smallest absolute Gasteiger partial charge is 0.324 e. The summed E-state index contributed by atoms with van der Waals surface area (Å²) in [6, 6.07) is 6.33. The third kappa shape index (κ3) is 2.70. The quantitative estimate of drug-likeness (QED) is 0.884. The molecule has 1 aromatic carbocycles. The third-order valence-corrected chi connectivity index (χ3v) is 5.23. The lowest BCUT2D eigenvalue weighted by Crippen LogP contribution is -2.16. The molecule has 1 aliphatic carbocycles. The van der Waals surface area contributed by atoms with E-state index in [4.69, 9.17) is 5.73 Å². The van der Waals surface area contributed by atoms with E-state index in [1.807, 2.05) is 25.1 Å². The van der Waals surface area contributed by atoms with Gasteiger partial charge in [-0.15, -0.1) is 5.10 Å². The molecule has 20 heavy (non-hydrogen) atoms. The van der Waals surface area contributed by atoms with Crippen molar-refractivity contribution in [1.29, 1.82) is 0 Å². The topological polar surface area (TPSA) is 76.7 Å². The van der Waals surface area contributed by atoms with Crippen molar-refractivity contribution >= 4 is 27.7 Å². The fraction of sp³-hybridized carbons (Fsp3) is 0.385. The van der Waals surface area contributed by atoms with E-state index in [-0.39, 0.29) is 11.7 Å². The average molecular weight is 355 g/mol. The molecule has 106 valence electrons. The summed E-state index contributed by atoms with van der Waals surface area (Å²) >= 11 is 5.04. The molecule has 0 aliphatic heterocycles. The van der Waals surface area contributed by atoms with Crippen LogP contribution in [0.2, 0.25) is 0 Å². The van der Waals surface area contributed by atoms with Gasteiger partial charge in [-0.3, -0.25) is 4.57 Å². The molecule has 1 atom stereocenters. The monoisotopic (exact) mass is 354 g/mol. The van der Waals surface area contributed by atoms with E-state index in [0.29, 0.717) is 11.2 Å². The van der Waals surface area contributed by atoms with Crippen molar-refractivity contribution in [3.05, 3.63) is 38.7 Å². The van der Waals surface area contributed by atoms with Gasteiger partial charge in [0.15, 0.2) is 5.16 Å². The molecule has 0 radical (unpaired) electrons. The lowest BCUT2D eigenvalue weighted by atomic mass is 10.1. The molecule has 0 spiro atoms. The predicted molar refractivity (Wildman–Crippen MR) is 82.0 cm³/mol. The second-order valence-electron chi connectivity index (χ2n) is 4.99. The molecule has 2 aromatic rings. The highest BCUT2D eigenvalue weighted by atomic mass is 79.9. The SMILES string of the molecule is C[C@@H](N)c1ccc(Sc2n[nH]c(=O)n2C2CC2)c(Br)c1. The number of halogens is 1. The first-order valence-corrected chi connectivity index (χ1v) is 8.07. The third-order valence-electron chi connectivity index (χ3n) is 3.27. The number of nitrogens with zero attached hydrogens (tertiary/aromatic N) is 2. The Kier molecular flexibility index (Phi) is 3.74. The zero-order valence-corrected chi connectivity index (χ0v) is 13.4. The van der Waals surface area contributed by atoms with Crippen LogP contribution in [0.5, 0.6) is 0 Å². The van der Waals surface area contributed by atoms with E-state index >= 15 is 0 Å². The number of nitrogens with one attached hydrogen (secondary N) is 1. The van der Waals surface area contributed by atoms with E-state index in [9.17, 15) is 4.79 Å². The lowest BCUT2D eigenvalue weighted by Gasteiger charge is -2.09. The van der Waals surface area contributed by atoms with E-state index in [2.05, 4.69) is 26.1 Å². The Bertz CT molecular complexity index is 690. The van der Waals surface area contributed by atoms with E-state index in [0.717, 1.165) is 27.8 Å². The molecule has 7 heteroatoms. The maximum atomic E-state index is 11.7. The molecule has 0 unspecified atom stereocenters. The summed E-state index contributed by atoms with van der Waals surface area (Å²) in [5.74, 6) is 0. The van der Waals surface area contributed by atoms with Gasteiger partial charge in [-0.2, -0.15) is 0 Å². The number of rotatable bonds is 4. The van der Waals surface area contributed by atoms with Crippen LogP contribution in [0.1, 0.15) is 37.4 Å². The molecule has 1 aliphatic rings. The van der Waals surface area contributed by atoms with Crippen LogP contribution in [0.25, 0.3) is 0 Å². The molecule has 3 N–H and O–H groups in total. The normalized spacial score (nSPS) is 16.4. The highest BCUT2D eigenvalue weighted by Gasteiger charge is 2.28. The van der Waals surface area contributed by atoms with Crippen LogP contribution in [-0.4, -0.2) is 14.8 Å². The second kappa shape index (κ2) is 5.38. The Morgan fingerprint density at radius 3 is 2.90 bits per heavy atom. The summed E-state index contributed by atoms with van der Waals surface area (Å²) in [6.07, 6.45) is 2.11. The zero-order chi connectivity index (χ0) is 14.3. The number of H-pyrrole nitrogens is 1. The molecular weight excluding hydrogens is 340 g/mol. The van der Waals surface area contributed by atoms with E-state index < -0.39 is 0 Å². The van der Waals surface area contributed by atoms with Gasteiger partial charge in [0.05, 0.1) is 0 Å². The first-order chi connectivity index (χ1) is 9.56. The van der Waals surface area contributed by atoms with Crippen LogP contribution in [0.15, 0.2) is 37.5 Å². The maximum absolute atomic E-state index is 11.7. The van der Waals surface area contributed by atoms with E-state index in [1.165, 1.54) is 11.8 Å². The van der Waals surface area contributed by atoms with Crippen molar-refractivity contribution in [3.63, 3.8) is 0 Å². The van der Waals surface area contributed by atoms with Crippen molar-refractivity contribution < 1.29 is 0 Å². The van der Waals surface area contributed by atoms with Crippen molar-refractivity contribution in [2.45, 2.75) is 41.9 Å². The average Bonchev–Trinajstić information content (AvgIpc) is 3.17. The molecule has 5 nitrogen and oxygen atoms in total. The summed E-state index contributed by atoms with van der Waals surface area (Å²) in [5, 5.41) is 7.36. The molecule has 1 aromatic heterocycles. The fourth-order valence-electron chi connectivity index (χ4n) is 2.00.